The molecular weight excluding hydrogens is 258 g/mol. The largest absolute Gasteiger partial charge is 0.322 e. The predicted molar refractivity (Wildman–Crippen MR) is 89.3 cm³/mol. The van der Waals surface area contributed by atoms with Crippen LogP contribution in [0.4, 0.5) is 5.69 Å². The zero-order valence-electron chi connectivity index (χ0n) is 12.8. The summed E-state index contributed by atoms with van der Waals surface area (Å²) in [6, 6.07) is 17.8. The van der Waals surface area contributed by atoms with Crippen molar-refractivity contribution in [2.45, 2.75) is 26.7 Å². The Balaban J connectivity index is 2.05. The molecular formula is C19H21NO. The second kappa shape index (κ2) is 6.89. The normalized spacial score (nSPS) is 11.5. The molecule has 0 aromatic heterocycles. The van der Waals surface area contributed by atoms with Crippen LogP contribution in [0.15, 0.2) is 60.2 Å². The molecule has 2 rings (SSSR count). The number of nitrogens with one attached hydrogen (secondary N) is 1. The first kappa shape index (κ1) is 15.0. The molecule has 0 saturated heterocycles. The summed E-state index contributed by atoms with van der Waals surface area (Å²) in [4.78, 5) is 12.2. The van der Waals surface area contributed by atoms with E-state index in [1.807, 2.05) is 55.5 Å². The Labute approximate surface area is 126 Å². The molecule has 2 heteroatoms. The van der Waals surface area contributed by atoms with Gasteiger partial charge in [0.2, 0.25) is 0 Å². The molecule has 0 unspecified atom stereocenters. The second-order valence-corrected chi connectivity index (χ2v) is 5.47. The summed E-state index contributed by atoms with van der Waals surface area (Å²) >= 11 is 0. The maximum Gasteiger partial charge on any atom is 0.251 e. The van der Waals surface area contributed by atoms with E-state index in [0.29, 0.717) is 11.5 Å². The molecule has 0 spiro atoms. The van der Waals surface area contributed by atoms with Crippen molar-refractivity contribution in [1.29, 1.82) is 0 Å². The molecule has 108 valence electrons. The molecule has 0 aliphatic carbocycles. The monoisotopic (exact) mass is 279 g/mol. The van der Waals surface area contributed by atoms with Crippen molar-refractivity contribution in [3.8, 4) is 0 Å². The molecule has 0 fully saturated rings. The number of amides is 1. The fraction of sp³-hybridized carbons (Fsp3) is 0.211. The van der Waals surface area contributed by atoms with Crippen LogP contribution in [0.3, 0.4) is 0 Å². The van der Waals surface area contributed by atoms with Crippen LogP contribution >= 0.6 is 0 Å². The van der Waals surface area contributed by atoms with E-state index in [2.05, 4.69) is 31.3 Å². The number of rotatable bonds is 4. The second-order valence-electron chi connectivity index (χ2n) is 5.47. The molecule has 0 aliphatic heterocycles. The number of carbonyl (C=O) groups excluding carboxylic acids is 1. The minimum Gasteiger partial charge on any atom is -0.322 e. The Morgan fingerprint density at radius 3 is 2.19 bits per heavy atom. The Kier molecular flexibility index (Phi) is 4.94. The van der Waals surface area contributed by atoms with E-state index in [1.165, 1.54) is 5.56 Å². The maximum atomic E-state index is 12.2. The highest BCUT2D eigenvalue weighted by molar-refractivity contribution is 6.06. The van der Waals surface area contributed by atoms with Crippen molar-refractivity contribution in [2.24, 2.45) is 0 Å². The van der Waals surface area contributed by atoms with Crippen molar-refractivity contribution < 1.29 is 4.79 Å². The van der Waals surface area contributed by atoms with Crippen molar-refractivity contribution in [3.05, 3.63) is 71.3 Å². The lowest BCUT2D eigenvalue weighted by molar-refractivity contribution is -0.112. The highest BCUT2D eigenvalue weighted by atomic mass is 16.1. The number of anilines is 1. The summed E-state index contributed by atoms with van der Waals surface area (Å²) in [6.45, 7) is 6.13. The minimum atomic E-state index is -0.0730. The molecule has 0 saturated carbocycles. The van der Waals surface area contributed by atoms with E-state index in [4.69, 9.17) is 0 Å². The quantitative estimate of drug-likeness (QED) is 0.796. The molecule has 21 heavy (non-hydrogen) atoms. The van der Waals surface area contributed by atoms with Gasteiger partial charge in [0, 0.05) is 11.3 Å². The van der Waals surface area contributed by atoms with Crippen molar-refractivity contribution in [1.82, 2.24) is 0 Å². The van der Waals surface area contributed by atoms with Gasteiger partial charge in [0.25, 0.3) is 5.91 Å². The highest BCUT2D eigenvalue weighted by Crippen LogP contribution is 2.17. The van der Waals surface area contributed by atoms with Crippen LogP contribution in [0.2, 0.25) is 0 Å². The third kappa shape index (κ3) is 4.32. The predicted octanol–water partition coefficient (Wildman–Crippen LogP) is 4.85. The first-order chi connectivity index (χ1) is 10.1. The van der Waals surface area contributed by atoms with Crippen LogP contribution in [-0.2, 0) is 4.79 Å². The summed E-state index contributed by atoms with van der Waals surface area (Å²) in [5.41, 5.74) is 3.81. The summed E-state index contributed by atoms with van der Waals surface area (Å²) in [5, 5.41) is 2.92. The van der Waals surface area contributed by atoms with Gasteiger partial charge in [-0.25, -0.2) is 0 Å². The standard InChI is InChI=1S/C19H21NO/c1-14(2)17-9-11-18(12-10-17)20-19(21)15(3)13-16-7-5-4-6-8-16/h4-14H,1-3H3,(H,20,21). The average molecular weight is 279 g/mol. The van der Waals surface area contributed by atoms with Gasteiger partial charge in [-0.3, -0.25) is 4.79 Å². The molecule has 0 bridgehead atoms. The van der Waals surface area contributed by atoms with Crippen molar-refractivity contribution in [3.63, 3.8) is 0 Å². The Morgan fingerprint density at radius 2 is 1.62 bits per heavy atom. The van der Waals surface area contributed by atoms with Crippen LogP contribution in [0.1, 0.15) is 37.8 Å². The summed E-state index contributed by atoms with van der Waals surface area (Å²) in [6.07, 6.45) is 1.89. The van der Waals surface area contributed by atoms with Gasteiger partial charge in [-0.1, -0.05) is 56.3 Å². The molecule has 0 atom stereocenters. The number of benzene rings is 2. The molecule has 1 N–H and O–H groups in total. The lowest BCUT2D eigenvalue weighted by Crippen LogP contribution is -2.12. The zero-order chi connectivity index (χ0) is 15.2. The molecule has 2 aromatic carbocycles. The van der Waals surface area contributed by atoms with E-state index in [0.717, 1.165) is 11.3 Å². The van der Waals surface area contributed by atoms with E-state index in [1.54, 1.807) is 0 Å². The number of hydrogen-bond donors (Lipinski definition) is 1. The summed E-state index contributed by atoms with van der Waals surface area (Å²) in [7, 11) is 0. The van der Waals surface area contributed by atoms with E-state index in [-0.39, 0.29) is 5.91 Å². The average Bonchev–Trinajstić information content (AvgIpc) is 2.48. The summed E-state index contributed by atoms with van der Waals surface area (Å²) < 4.78 is 0. The van der Waals surface area contributed by atoms with Gasteiger partial charge in [-0.15, -0.1) is 0 Å². The molecule has 0 heterocycles. The minimum absolute atomic E-state index is 0.0730. The first-order valence-corrected chi connectivity index (χ1v) is 7.21. The molecule has 1 amide bonds. The SMILES string of the molecule is CC(=Cc1ccccc1)C(=O)Nc1ccc(C(C)C)cc1. The Hall–Kier alpha value is -2.35. The van der Waals surface area contributed by atoms with E-state index in [9.17, 15) is 4.79 Å². The first-order valence-electron chi connectivity index (χ1n) is 7.21. The molecule has 2 aromatic rings. The van der Waals surface area contributed by atoms with Gasteiger partial charge in [0.15, 0.2) is 0 Å². The van der Waals surface area contributed by atoms with Crippen molar-refractivity contribution >= 4 is 17.7 Å². The van der Waals surface area contributed by atoms with Gasteiger partial charge in [0.05, 0.1) is 0 Å². The molecule has 0 aliphatic rings. The van der Waals surface area contributed by atoms with Crippen LogP contribution < -0.4 is 5.32 Å². The van der Waals surface area contributed by atoms with Gasteiger partial charge < -0.3 is 5.32 Å². The van der Waals surface area contributed by atoms with Crippen LogP contribution in [0, 0.1) is 0 Å². The van der Waals surface area contributed by atoms with E-state index < -0.39 is 0 Å². The van der Waals surface area contributed by atoms with Gasteiger partial charge in [-0.05, 0) is 42.2 Å². The third-order valence-electron chi connectivity index (χ3n) is 3.38. The lowest BCUT2D eigenvalue weighted by Gasteiger charge is -2.08. The zero-order valence-corrected chi connectivity index (χ0v) is 12.8. The van der Waals surface area contributed by atoms with Crippen LogP contribution in [0.5, 0.6) is 0 Å². The summed E-state index contributed by atoms with van der Waals surface area (Å²) in [5.74, 6) is 0.422. The molecule has 2 nitrogen and oxygen atoms in total. The van der Waals surface area contributed by atoms with E-state index >= 15 is 0 Å². The smallest absolute Gasteiger partial charge is 0.251 e. The maximum absolute atomic E-state index is 12.2. The Morgan fingerprint density at radius 1 is 1.00 bits per heavy atom. The highest BCUT2D eigenvalue weighted by Gasteiger charge is 2.05. The van der Waals surface area contributed by atoms with Crippen LogP contribution in [0.25, 0.3) is 6.08 Å². The Bertz CT molecular complexity index is 624. The number of carbonyl (C=O) groups is 1. The fourth-order valence-electron chi connectivity index (χ4n) is 2.05. The number of hydrogen-bond acceptors (Lipinski definition) is 1. The fourth-order valence-corrected chi connectivity index (χ4v) is 2.05. The lowest BCUT2D eigenvalue weighted by atomic mass is 10.0. The van der Waals surface area contributed by atoms with Crippen LogP contribution in [-0.4, -0.2) is 5.91 Å². The van der Waals surface area contributed by atoms with Gasteiger partial charge in [0.1, 0.15) is 0 Å². The van der Waals surface area contributed by atoms with Crippen molar-refractivity contribution in [2.75, 3.05) is 5.32 Å². The topological polar surface area (TPSA) is 29.1 Å². The van der Waals surface area contributed by atoms with Gasteiger partial charge >= 0.3 is 0 Å². The molecule has 0 radical (unpaired) electrons. The third-order valence-corrected chi connectivity index (χ3v) is 3.38. The van der Waals surface area contributed by atoms with Gasteiger partial charge in [-0.2, -0.15) is 0 Å².